The van der Waals surface area contributed by atoms with Gasteiger partial charge in [0.25, 0.3) is 0 Å². The fourth-order valence-electron chi connectivity index (χ4n) is 3.30. The van der Waals surface area contributed by atoms with E-state index in [9.17, 15) is 4.79 Å². The van der Waals surface area contributed by atoms with E-state index in [0.29, 0.717) is 6.42 Å². The third-order valence-electron chi connectivity index (χ3n) is 3.94. The Kier molecular flexibility index (Phi) is 2.38. The summed E-state index contributed by atoms with van der Waals surface area (Å²) in [5, 5.41) is 8.92. The molecule has 14 heavy (non-hydrogen) atoms. The van der Waals surface area contributed by atoms with Gasteiger partial charge in [-0.15, -0.1) is 0 Å². The number of carbonyl (C=O) groups is 1. The second-order valence-electron chi connectivity index (χ2n) is 4.94. The number of carboxylic acids is 1. The van der Waals surface area contributed by atoms with Gasteiger partial charge in [0.2, 0.25) is 0 Å². The van der Waals surface area contributed by atoms with Gasteiger partial charge in [-0.25, -0.2) is 0 Å². The first kappa shape index (κ1) is 9.75. The summed E-state index contributed by atoms with van der Waals surface area (Å²) in [5.74, 6) is 1.00. The Hall–Kier alpha value is -0.790. The maximum atomic E-state index is 10.8. The van der Waals surface area contributed by atoms with Crippen molar-refractivity contribution in [3.05, 3.63) is 12.2 Å². The van der Waals surface area contributed by atoms with Crippen molar-refractivity contribution in [2.24, 2.45) is 17.3 Å². The van der Waals surface area contributed by atoms with Crippen molar-refractivity contribution >= 4 is 5.97 Å². The fourth-order valence-corrected chi connectivity index (χ4v) is 3.30. The molecule has 0 bridgehead atoms. The van der Waals surface area contributed by atoms with Gasteiger partial charge in [0.05, 0.1) is 6.42 Å². The molecule has 0 aromatic carbocycles. The zero-order valence-corrected chi connectivity index (χ0v) is 8.70. The van der Waals surface area contributed by atoms with Crippen LogP contribution >= 0.6 is 0 Å². The van der Waals surface area contributed by atoms with Crippen LogP contribution in [0, 0.1) is 17.3 Å². The highest BCUT2D eigenvalue weighted by molar-refractivity contribution is 5.68. The molecule has 0 aromatic rings. The third kappa shape index (κ3) is 1.58. The monoisotopic (exact) mass is 194 g/mol. The summed E-state index contributed by atoms with van der Waals surface area (Å²) in [7, 11) is 0. The number of aliphatic carboxylic acids is 1. The van der Waals surface area contributed by atoms with Crippen LogP contribution in [0.25, 0.3) is 0 Å². The van der Waals surface area contributed by atoms with Crippen molar-refractivity contribution in [3.8, 4) is 0 Å². The van der Waals surface area contributed by atoms with Crippen LogP contribution in [-0.4, -0.2) is 11.1 Å². The van der Waals surface area contributed by atoms with E-state index in [2.05, 4.69) is 6.08 Å². The molecule has 0 aromatic heterocycles. The van der Waals surface area contributed by atoms with Gasteiger partial charge in [0, 0.05) is 0 Å². The van der Waals surface area contributed by atoms with E-state index in [-0.39, 0.29) is 5.41 Å². The standard InChI is InChI=1S/C12H18O2/c1-2-5-12(8-11(13)14)6-9-3-4-10(9)7-12/h2,5,9-10H,3-4,6-8H2,1H3,(H,13,14)/b5-2+/t9-,10+,12+. The predicted octanol–water partition coefficient (Wildman–Crippen LogP) is 2.84. The van der Waals surface area contributed by atoms with Gasteiger partial charge < -0.3 is 5.11 Å². The molecule has 2 rings (SSSR count). The van der Waals surface area contributed by atoms with E-state index >= 15 is 0 Å². The molecule has 2 aliphatic carbocycles. The van der Waals surface area contributed by atoms with Crippen LogP contribution < -0.4 is 0 Å². The first-order chi connectivity index (χ1) is 6.65. The molecular formula is C12H18O2. The number of rotatable bonds is 3. The second-order valence-corrected chi connectivity index (χ2v) is 4.94. The Balaban J connectivity index is 2.11. The van der Waals surface area contributed by atoms with E-state index in [4.69, 9.17) is 5.11 Å². The van der Waals surface area contributed by atoms with E-state index in [1.807, 2.05) is 13.0 Å². The van der Waals surface area contributed by atoms with Gasteiger partial charge in [-0.1, -0.05) is 12.2 Å². The lowest BCUT2D eigenvalue weighted by Gasteiger charge is -2.29. The Morgan fingerprint density at radius 3 is 2.36 bits per heavy atom. The van der Waals surface area contributed by atoms with Gasteiger partial charge in [0.15, 0.2) is 0 Å². The number of hydrogen-bond acceptors (Lipinski definition) is 1. The van der Waals surface area contributed by atoms with E-state index in [1.54, 1.807) is 0 Å². The maximum Gasteiger partial charge on any atom is 0.304 e. The lowest BCUT2D eigenvalue weighted by molar-refractivity contribution is -0.139. The number of carboxylic acid groups (broad SMARTS) is 1. The number of fused-ring (bicyclic) bond motifs is 1. The van der Waals surface area contributed by atoms with Crippen molar-refractivity contribution in [2.75, 3.05) is 0 Å². The van der Waals surface area contributed by atoms with E-state index in [0.717, 1.165) is 24.7 Å². The summed E-state index contributed by atoms with van der Waals surface area (Å²) < 4.78 is 0. The first-order valence-electron chi connectivity index (χ1n) is 5.51. The largest absolute Gasteiger partial charge is 0.481 e. The van der Waals surface area contributed by atoms with E-state index < -0.39 is 5.97 Å². The molecule has 2 heteroatoms. The minimum absolute atomic E-state index is 0.00752. The van der Waals surface area contributed by atoms with Crippen LogP contribution in [0.1, 0.15) is 39.0 Å². The summed E-state index contributed by atoms with van der Waals surface area (Å²) in [5.41, 5.74) is -0.00752. The van der Waals surface area contributed by atoms with Gasteiger partial charge in [0.1, 0.15) is 0 Å². The lowest BCUT2D eigenvalue weighted by Crippen LogP contribution is -2.18. The Morgan fingerprint density at radius 2 is 2.00 bits per heavy atom. The van der Waals surface area contributed by atoms with Crippen molar-refractivity contribution in [1.29, 1.82) is 0 Å². The quantitative estimate of drug-likeness (QED) is 0.701. The molecule has 1 N–H and O–H groups in total. The summed E-state index contributed by atoms with van der Waals surface area (Å²) in [6.07, 6.45) is 9.34. The van der Waals surface area contributed by atoms with Crippen molar-refractivity contribution < 1.29 is 9.90 Å². The van der Waals surface area contributed by atoms with Crippen LogP contribution in [0.4, 0.5) is 0 Å². The summed E-state index contributed by atoms with van der Waals surface area (Å²) in [6, 6.07) is 0. The molecule has 2 aliphatic rings. The molecule has 0 saturated heterocycles. The average Bonchev–Trinajstić information content (AvgIpc) is 2.29. The summed E-state index contributed by atoms with van der Waals surface area (Å²) in [6.45, 7) is 1.99. The zero-order valence-electron chi connectivity index (χ0n) is 8.70. The Labute approximate surface area is 85.0 Å². The van der Waals surface area contributed by atoms with Gasteiger partial charge in [-0.3, -0.25) is 4.79 Å². The molecule has 78 valence electrons. The van der Waals surface area contributed by atoms with E-state index in [1.165, 1.54) is 12.8 Å². The highest BCUT2D eigenvalue weighted by atomic mass is 16.4. The van der Waals surface area contributed by atoms with Crippen LogP contribution in [0.3, 0.4) is 0 Å². The van der Waals surface area contributed by atoms with Gasteiger partial charge in [-0.05, 0) is 49.9 Å². The molecule has 0 spiro atoms. The molecule has 2 saturated carbocycles. The molecule has 2 nitrogen and oxygen atoms in total. The molecule has 0 aliphatic heterocycles. The lowest BCUT2D eigenvalue weighted by atomic mass is 9.77. The van der Waals surface area contributed by atoms with Crippen LogP contribution in [0.15, 0.2) is 12.2 Å². The van der Waals surface area contributed by atoms with Crippen LogP contribution in [0.5, 0.6) is 0 Å². The molecule has 0 amide bonds. The minimum Gasteiger partial charge on any atom is -0.481 e. The second kappa shape index (κ2) is 3.41. The van der Waals surface area contributed by atoms with Crippen molar-refractivity contribution in [1.82, 2.24) is 0 Å². The zero-order chi connectivity index (χ0) is 10.2. The average molecular weight is 194 g/mol. The normalized spacial score (nSPS) is 40.9. The number of allylic oxidation sites excluding steroid dienone is 2. The van der Waals surface area contributed by atoms with Crippen LogP contribution in [0.2, 0.25) is 0 Å². The fraction of sp³-hybridized carbons (Fsp3) is 0.750. The van der Waals surface area contributed by atoms with Crippen LogP contribution in [-0.2, 0) is 4.79 Å². The molecule has 2 fully saturated rings. The highest BCUT2D eigenvalue weighted by Gasteiger charge is 2.48. The third-order valence-corrected chi connectivity index (χ3v) is 3.94. The Bertz CT molecular complexity index is 255. The van der Waals surface area contributed by atoms with Gasteiger partial charge in [-0.2, -0.15) is 0 Å². The molecule has 0 heterocycles. The SMILES string of the molecule is C/C=C/[C@]1(CC(=O)O)C[C@H]2CC[C@H]2C1. The highest BCUT2D eigenvalue weighted by Crippen LogP contribution is 2.57. The summed E-state index contributed by atoms with van der Waals surface area (Å²) >= 11 is 0. The molecule has 3 atom stereocenters. The molecule has 0 unspecified atom stereocenters. The smallest absolute Gasteiger partial charge is 0.304 e. The Morgan fingerprint density at radius 1 is 1.43 bits per heavy atom. The molecular weight excluding hydrogens is 176 g/mol. The van der Waals surface area contributed by atoms with Crippen molar-refractivity contribution in [3.63, 3.8) is 0 Å². The number of hydrogen-bond donors (Lipinski definition) is 1. The summed E-state index contributed by atoms with van der Waals surface area (Å²) in [4.78, 5) is 10.8. The van der Waals surface area contributed by atoms with Gasteiger partial charge >= 0.3 is 5.97 Å². The predicted molar refractivity (Wildman–Crippen MR) is 54.9 cm³/mol. The maximum absolute atomic E-state index is 10.8. The topological polar surface area (TPSA) is 37.3 Å². The minimum atomic E-state index is -0.649. The first-order valence-corrected chi connectivity index (χ1v) is 5.51. The van der Waals surface area contributed by atoms with Crippen molar-refractivity contribution in [2.45, 2.75) is 39.0 Å². The molecule has 0 radical (unpaired) electrons.